The quantitative estimate of drug-likeness (QED) is 0.603. The number of rotatable bonds is 1. The van der Waals surface area contributed by atoms with Gasteiger partial charge in [-0.05, 0) is 25.5 Å². The smallest absolute Gasteiger partial charge is 0.132 e. The molecule has 0 bridgehead atoms. The van der Waals surface area contributed by atoms with E-state index in [1.165, 1.54) is 7.11 Å². The van der Waals surface area contributed by atoms with Gasteiger partial charge in [0, 0.05) is 5.56 Å². The minimum absolute atomic E-state index is 0.177. The van der Waals surface area contributed by atoms with Crippen LogP contribution in [0.1, 0.15) is 11.1 Å². The molecule has 0 atom stereocenters. The van der Waals surface area contributed by atoms with Crippen molar-refractivity contribution in [2.24, 2.45) is 0 Å². The maximum Gasteiger partial charge on any atom is 0.132 e. The van der Waals surface area contributed by atoms with E-state index in [2.05, 4.69) is 0 Å². The van der Waals surface area contributed by atoms with Crippen molar-refractivity contribution in [1.29, 1.82) is 0 Å². The summed E-state index contributed by atoms with van der Waals surface area (Å²) in [4.78, 5) is 0. The number of ether oxygens (including phenoxy) is 1. The molecule has 0 radical (unpaired) electrons. The van der Waals surface area contributed by atoms with E-state index in [1.54, 1.807) is 26.0 Å². The van der Waals surface area contributed by atoms with Gasteiger partial charge >= 0.3 is 0 Å². The summed E-state index contributed by atoms with van der Waals surface area (Å²) in [5.41, 5.74) is 1.23. The molecule has 0 amide bonds. The minimum atomic E-state index is -0.177. The van der Waals surface area contributed by atoms with E-state index in [0.717, 1.165) is 0 Å². The van der Waals surface area contributed by atoms with Gasteiger partial charge in [0.1, 0.15) is 11.6 Å². The van der Waals surface area contributed by atoms with Crippen LogP contribution in [0, 0.1) is 19.7 Å². The highest BCUT2D eigenvalue weighted by Gasteiger charge is 2.05. The Balaban J connectivity index is 3.25. The van der Waals surface area contributed by atoms with Gasteiger partial charge in [-0.15, -0.1) is 0 Å². The second-order valence-electron chi connectivity index (χ2n) is 2.52. The molecule has 1 aromatic rings. The summed E-state index contributed by atoms with van der Waals surface area (Å²) in [7, 11) is 1.54. The number of aryl methyl sites for hydroxylation is 1. The highest BCUT2D eigenvalue weighted by molar-refractivity contribution is 5.37. The molecule has 0 fully saturated rings. The van der Waals surface area contributed by atoms with Crippen molar-refractivity contribution in [2.45, 2.75) is 13.8 Å². The Hall–Kier alpha value is -1.05. The Morgan fingerprint density at radius 1 is 1.27 bits per heavy atom. The molecule has 11 heavy (non-hydrogen) atoms. The molecule has 0 aliphatic rings. The van der Waals surface area contributed by atoms with Crippen molar-refractivity contribution < 1.29 is 9.13 Å². The van der Waals surface area contributed by atoms with Crippen LogP contribution in [-0.2, 0) is 0 Å². The first kappa shape index (κ1) is 8.05. The van der Waals surface area contributed by atoms with Gasteiger partial charge in [0.25, 0.3) is 0 Å². The summed E-state index contributed by atoms with van der Waals surface area (Å²) in [5.74, 6) is 0.428. The van der Waals surface area contributed by atoms with Gasteiger partial charge in [-0.25, -0.2) is 4.39 Å². The fraction of sp³-hybridized carbons (Fsp3) is 0.333. The summed E-state index contributed by atoms with van der Waals surface area (Å²) in [6, 6.07) is 3.48. The molecule has 0 aromatic heterocycles. The lowest BCUT2D eigenvalue weighted by atomic mass is 10.1. The second-order valence-corrected chi connectivity index (χ2v) is 2.52. The topological polar surface area (TPSA) is 9.23 Å². The summed E-state index contributed by atoms with van der Waals surface area (Å²) in [5, 5.41) is 0. The Kier molecular flexibility index (Phi) is 2.13. The molecular weight excluding hydrogens is 143 g/mol. The molecule has 0 saturated heterocycles. The van der Waals surface area contributed by atoms with Crippen LogP contribution in [0.15, 0.2) is 12.1 Å². The molecule has 0 N–H and O–H groups in total. The minimum Gasteiger partial charge on any atom is -0.496 e. The van der Waals surface area contributed by atoms with E-state index in [0.29, 0.717) is 16.9 Å². The first-order valence-corrected chi connectivity index (χ1v) is 3.46. The Morgan fingerprint density at radius 3 is 2.45 bits per heavy atom. The molecule has 0 unspecified atom stereocenters. The van der Waals surface area contributed by atoms with Crippen LogP contribution >= 0.6 is 0 Å². The first-order valence-electron chi connectivity index (χ1n) is 3.46. The van der Waals surface area contributed by atoms with Crippen LogP contribution in [-0.4, -0.2) is 7.11 Å². The molecule has 60 valence electrons. The van der Waals surface area contributed by atoms with Gasteiger partial charge < -0.3 is 4.74 Å². The fourth-order valence-electron chi connectivity index (χ4n) is 1.02. The van der Waals surface area contributed by atoms with Crippen LogP contribution in [0.4, 0.5) is 4.39 Å². The third-order valence-corrected chi connectivity index (χ3v) is 1.75. The summed E-state index contributed by atoms with van der Waals surface area (Å²) in [6.45, 7) is 3.45. The molecule has 0 aliphatic carbocycles. The number of hydrogen-bond donors (Lipinski definition) is 0. The van der Waals surface area contributed by atoms with Crippen LogP contribution in [0.25, 0.3) is 0 Å². The van der Waals surface area contributed by atoms with Gasteiger partial charge in [0.2, 0.25) is 0 Å². The molecule has 1 aromatic carbocycles. The monoisotopic (exact) mass is 154 g/mol. The normalized spacial score (nSPS) is 9.82. The Bertz CT molecular complexity index is 269. The van der Waals surface area contributed by atoms with E-state index >= 15 is 0 Å². The van der Waals surface area contributed by atoms with Crippen molar-refractivity contribution in [3.05, 3.63) is 29.1 Å². The molecule has 0 saturated carbocycles. The fourth-order valence-corrected chi connectivity index (χ4v) is 1.02. The van der Waals surface area contributed by atoms with E-state index < -0.39 is 0 Å². The number of benzene rings is 1. The molecule has 0 aliphatic heterocycles. The lowest BCUT2D eigenvalue weighted by molar-refractivity contribution is 0.406. The predicted octanol–water partition coefficient (Wildman–Crippen LogP) is 2.45. The molecule has 1 rings (SSSR count). The maximum absolute atomic E-state index is 13.1. The van der Waals surface area contributed by atoms with Gasteiger partial charge in [0.15, 0.2) is 0 Å². The first-order chi connectivity index (χ1) is 5.16. The zero-order valence-electron chi connectivity index (χ0n) is 6.94. The van der Waals surface area contributed by atoms with Crippen LogP contribution < -0.4 is 4.74 Å². The average molecular weight is 154 g/mol. The third-order valence-electron chi connectivity index (χ3n) is 1.75. The highest BCUT2D eigenvalue weighted by atomic mass is 19.1. The number of halogens is 1. The second kappa shape index (κ2) is 2.91. The Labute approximate surface area is 65.8 Å². The van der Waals surface area contributed by atoms with Crippen molar-refractivity contribution in [1.82, 2.24) is 0 Å². The van der Waals surface area contributed by atoms with E-state index in [9.17, 15) is 4.39 Å². The molecule has 0 spiro atoms. The van der Waals surface area contributed by atoms with E-state index in [-0.39, 0.29) is 5.82 Å². The summed E-state index contributed by atoms with van der Waals surface area (Å²) >= 11 is 0. The van der Waals surface area contributed by atoms with Gasteiger partial charge in [-0.2, -0.15) is 0 Å². The van der Waals surface area contributed by atoms with Crippen molar-refractivity contribution in [3.8, 4) is 5.75 Å². The lowest BCUT2D eigenvalue weighted by Crippen LogP contribution is -1.92. The molecule has 0 heterocycles. The van der Waals surface area contributed by atoms with Crippen molar-refractivity contribution in [3.63, 3.8) is 0 Å². The lowest BCUT2D eigenvalue weighted by Gasteiger charge is -2.06. The van der Waals surface area contributed by atoms with Gasteiger partial charge in [-0.1, -0.05) is 6.07 Å². The molecular formula is C9H11FO. The largest absolute Gasteiger partial charge is 0.496 e. The van der Waals surface area contributed by atoms with Gasteiger partial charge in [0.05, 0.1) is 7.11 Å². The predicted molar refractivity (Wildman–Crippen MR) is 42.4 cm³/mol. The average Bonchev–Trinajstić information content (AvgIpc) is 2.01. The standard InChI is InChI=1S/C9H11FO/c1-6-4-5-8(11-3)7(2)9(6)10/h4-5H,1-3H3. The van der Waals surface area contributed by atoms with Gasteiger partial charge in [-0.3, -0.25) is 0 Å². The van der Waals surface area contributed by atoms with E-state index in [1.807, 2.05) is 0 Å². The third kappa shape index (κ3) is 1.34. The zero-order chi connectivity index (χ0) is 8.43. The summed E-state index contributed by atoms with van der Waals surface area (Å²) in [6.07, 6.45) is 0. The van der Waals surface area contributed by atoms with E-state index in [4.69, 9.17) is 4.74 Å². The zero-order valence-corrected chi connectivity index (χ0v) is 6.94. The van der Waals surface area contributed by atoms with Crippen LogP contribution in [0.5, 0.6) is 5.75 Å². The highest BCUT2D eigenvalue weighted by Crippen LogP contribution is 2.22. The Morgan fingerprint density at radius 2 is 1.91 bits per heavy atom. The van der Waals surface area contributed by atoms with Crippen molar-refractivity contribution >= 4 is 0 Å². The van der Waals surface area contributed by atoms with Crippen LogP contribution in [0.3, 0.4) is 0 Å². The van der Waals surface area contributed by atoms with Crippen molar-refractivity contribution in [2.75, 3.05) is 7.11 Å². The maximum atomic E-state index is 13.1. The van der Waals surface area contributed by atoms with Crippen LogP contribution in [0.2, 0.25) is 0 Å². The SMILES string of the molecule is COc1ccc(C)c(F)c1C. The number of hydrogen-bond acceptors (Lipinski definition) is 1. The summed E-state index contributed by atoms with van der Waals surface area (Å²) < 4.78 is 18.0. The number of methoxy groups -OCH3 is 1. The molecule has 2 heteroatoms. The molecule has 1 nitrogen and oxygen atoms in total.